The van der Waals surface area contributed by atoms with Crippen molar-refractivity contribution in [3.8, 4) is 0 Å². The minimum atomic E-state index is -0.396. The van der Waals surface area contributed by atoms with Gasteiger partial charge in [-0.3, -0.25) is 4.90 Å². The maximum atomic E-state index is 10.5. The average molecular weight is 320 g/mol. The Bertz CT molecular complexity index is 603. The minimum Gasteiger partial charge on any atom is -0.388 e. The summed E-state index contributed by atoms with van der Waals surface area (Å²) in [6.07, 6.45) is 5.44. The number of aliphatic hydroxyl groups is 1. The van der Waals surface area contributed by atoms with Crippen LogP contribution in [0, 0.1) is 5.92 Å². The highest BCUT2D eigenvalue weighted by Gasteiger charge is 2.26. The molecule has 0 spiro atoms. The van der Waals surface area contributed by atoms with Gasteiger partial charge in [0, 0.05) is 24.5 Å². The van der Waals surface area contributed by atoms with Crippen LogP contribution in [0.3, 0.4) is 0 Å². The van der Waals surface area contributed by atoms with Crippen molar-refractivity contribution in [3.05, 3.63) is 53.1 Å². The Hall–Kier alpha value is -1.36. The van der Waals surface area contributed by atoms with Crippen molar-refractivity contribution in [2.24, 2.45) is 13.0 Å². The zero-order valence-corrected chi connectivity index (χ0v) is 13.6. The first-order valence-corrected chi connectivity index (χ1v) is 8.13. The summed E-state index contributed by atoms with van der Waals surface area (Å²) in [6.45, 7) is 2.89. The van der Waals surface area contributed by atoms with Crippen LogP contribution >= 0.6 is 11.6 Å². The lowest BCUT2D eigenvalue weighted by molar-refractivity contribution is 0.0558. The fraction of sp³-hybridized carbons (Fsp3) is 0.471. The van der Waals surface area contributed by atoms with Crippen LogP contribution in [0.2, 0.25) is 5.02 Å². The minimum absolute atomic E-state index is 0.318. The van der Waals surface area contributed by atoms with Gasteiger partial charge in [0.1, 0.15) is 5.82 Å². The van der Waals surface area contributed by atoms with Gasteiger partial charge in [0.05, 0.1) is 12.6 Å². The van der Waals surface area contributed by atoms with Crippen molar-refractivity contribution in [1.29, 1.82) is 0 Å². The van der Waals surface area contributed by atoms with Gasteiger partial charge in [-0.05, 0) is 49.5 Å². The van der Waals surface area contributed by atoms with E-state index in [2.05, 4.69) is 14.5 Å². The Kier molecular flexibility index (Phi) is 4.81. The van der Waals surface area contributed by atoms with Gasteiger partial charge in [-0.2, -0.15) is 0 Å². The molecule has 1 aliphatic rings. The fourth-order valence-electron chi connectivity index (χ4n) is 3.11. The predicted octanol–water partition coefficient (Wildman–Crippen LogP) is 3.02. The van der Waals surface area contributed by atoms with Crippen LogP contribution in [0.1, 0.15) is 30.3 Å². The van der Waals surface area contributed by atoms with Crippen molar-refractivity contribution in [2.75, 3.05) is 13.1 Å². The Balaban J connectivity index is 1.55. The molecule has 1 fully saturated rings. The molecule has 1 N–H and O–H groups in total. The molecule has 1 atom stereocenters. The average Bonchev–Trinajstić information content (AvgIpc) is 2.93. The Morgan fingerprint density at radius 1 is 1.27 bits per heavy atom. The first kappa shape index (κ1) is 15.5. The number of benzene rings is 1. The number of hydrogen-bond donors (Lipinski definition) is 1. The number of halogens is 1. The number of imidazole rings is 1. The number of rotatable bonds is 4. The van der Waals surface area contributed by atoms with Crippen molar-refractivity contribution in [3.63, 3.8) is 0 Å². The van der Waals surface area contributed by atoms with Gasteiger partial charge in [-0.25, -0.2) is 4.98 Å². The zero-order valence-electron chi connectivity index (χ0n) is 12.8. The van der Waals surface area contributed by atoms with E-state index in [1.165, 1.54) is 0 Å². The second kappa shape index (κ2) is 6.82. The molecule has 2 heterocycles. The maximum absolute atomic E-state index is 10.5. The molecule has 3 rings (SSSR count). The third kappa shape index (κ3) is 3.51. The molecular weight excluding hydrogens is 298 g/mol. The molecule has 118 valence electrons. The number of aliphatic hydroxyl groups excluding tert-OH is 1. The summed E-state index contributed by atoms with van der Waals surface area (Å²) in [5, 5.41) is 11.3. The number of nitrogens with zero attached hydrogens (tertiary/aromatic N) is 3. The Morgan fingerprint density at radius 2 is 1.95 bits per heavy atom. The SMILES string of the molecule is Cn1ccnc1CN1CCC(C(O)c2ccc(Cl)cc2)CC1. The molecule has 1 aromatic heterocycles. The van der Waals surface area contributed by atoms with Gasteiger partial charge in [-0.15, -0.1) is 0 Å². The van der Waals surface area contributed by atoms with Gasteiger partial charge >= 0.3 is 0 Å². The summed E-state index contributed by atoms with van der Waals surface area (Å²) < 4.78 is 2.06. The third-order valence-electron chi connectivity index (χ3n) is 4.58. The monoisotopic (exact) mass is 319 g/mol. The van der Waals surface area contributed by atoms with Gasteiger partial charge in [0.2, 0.25) is 0 Å². The largest absolute Gasteiger partial charge is 0.388 e. The van der Waals surface area contributed by atoms with E-state index in [1.54, 1.807) is 0 Å². The quantitative estimate of drug-likeness (QED) is 0.942. The molecule has 0 radical (unpaired) electrons. The van der Waals surface area contributed by atoms with E-state index in [0.717, 1.165) is 43.9 Å². The van der Waals surface area contributed by atoms with E-state index in [4.69, 9.17) is 11.6 Å². The third-order valence-corrected chi connectivity index (χ3v) is 4.83. The first-order valence-electron chi connectivity index (χ1n) is 7.75. The molecule has 0 saturated carbocycles. The fourth-order valence-corrected chi connectivity index (χ4v) is 3.23. The van der Waals surface area contributed by atoms with E-state index < -0.39 is 6.10 Å². The zero-order chi connectivity index (χ0) is 15.5. The summed E-state index contributed by atoms with van der Waals surface area (Å²) in [5.41, 5.74) is 0.965. The number of aryl methyl sites for hydroxylation is 1. The molecule has 0 amide bonds. The van der Waals surface area contributed by atoms with Crippen molar-refractivity contribution >= 4 is 11.6 Å². The molecule has 22 heavy (non-hydrogen) atoms. The lowest BCUT2D eigenvalue weighted by Gasteiger charge is -2.34. The molecule has 1 saturated heterocycles. The Morgan fingerprint density at radius 3 is 2.55 bits per heavy atom. The highest BCUT2D eigenvalue weighted by Crippen LogP contribution is 2.31. The smallest absolute Gasteiger partial charge is 0.122 e. The van der Waals surface area contributed by atoms with Crippen LogP contribution in [0.15, 0.2) is 36.7 Å². The summed E-state index contributed by atoms with van der Waals surface area (Å²) in [6, 6.07) is 7.53. The number of hydrogen-bond acceptors (Lipinski definition) is 3. The van der Waals surface area contributed by atoms with E-state index in [-0.39, 0.29) is 0 Å². The summed E-state index contributed by atoms with van der Waals surface area (Å²) in [7, 11) is 2.03. The van der Waals surface area contributed by atoms with Crippen molar-refractivity contribution in [1.82, 2.24) is 14.5 Å². The topological polar surface area (TPSA) is 41.3 Å². The summed E-state index contributed by atoms with van der Waals surface area (Å²) in [4.78, 5) is 6.79. The molecule has 4 nitrogen and oxygen atoms in total. The Labute approximate surface area is 136 Å². The normalized spacial score (nSPS) is 18.5. The standard InChI is InChI=1S/C17H22ClN3O/c1-20-11-8-19-16(20)12-21-9-6-14(7-10-21)17(22)13-2-4-15(18)5-3-13/h2-5,8,11,14,17,22H,6-7,9-10,12H2,1H3. The molecule has 0 aliphatic carbocycles. The van der Waals surface area contributed by atoms with E-state index in [1.807, 2.05) is 43.7 Å². The molecular formula is C17H22ClN3O. The number of likely N-dealkylation sites (tertiary alicyclic amines) is 1. The molecule has 2 aromatic rings. The second-order valence-corrected chi connectivity index (χ2v) is 6.50. The molecule has 1 aromatic carbocycles. The van der Waals surface area contributed by atoms with Gasteiger partial charge in [-0.1, -0.05) is 23.7 Å². The molecule has 1 aliphatic heterocycles. The lowest BCUT2D eigenvalue weighted by Crippen LogP contribution is -2.35. The highest BCUT2D eigenvalue weighted by molar-refractivity contribution is 6.30. The molecule has 0 bridgehead atoms. The van der Waals surface area contributed by atoms with Crippen LogP contribution < -0.4 is 0 Å². The van der Waals surface area contributed by atoms with Crippen molar-refractivity contribution < 1.29 is 5.11 Å². The van der Waals surface area contributed by atoms with Gasteiger partial charge < -0.3 is 9.67 Å². The van der Waals surface area contributed by atoms with Gasteiger partial charge in [0.25, 0.3) is 0 Å². The maximum Gasteiger partial charge on any atom is 0.122 e. The van der Waals surface area contributed by atoms with E-state index in [9.17, 15) is 5.11 Å². The van der Waals surface area contributed by atoms with Crippen LogP contribution in [0.5, 0.6) is 0 Å². The molecule has 1 unspecified atom stereocenters. The van der Waals surface area contributed by atoms with Crippen LogP contribution in [-0.4, -0.2) is 32.6 Å². The van der Waals surface area contributed by atoms with Gasteiger partial charge in [0.15, 0.2) is 0 Å². The summed E-state index contributed by atoms with van der Waals surface area (Å²) >= 11 is 5.91. The first-order chi connectivity index (χ1) is 10.6. The summed E-state index contributed by atoms with van der Waals surface area (Å²) in [5.74, 6) is 1.41. The second-order valence-electron chi connectivity index (χ2n) is 6.06. The van der Waals surface area contributed by atoms with E-state index >= 15 is 0 Å². The van der Waals surface area contributed by atoms with Crippen LogP contribution in [0.4, 0.5) is 0 Å². The highest BCUT2D eigenvalue weighted by atomic mass is 35.5. The molecule has 5 heteroatoms. The number of aromatic nitrogens is 2. The lowest BCUT2D eigenvalue weighted by atomic mass is 9.87. The van der Waals surface area contributed by atoms with Crippen LogP contribution in [-0.2, 0) is 13.6 Å². The van der Waals surface area contributed by atoms with Crippen molar-refractivity contribution in [2.45, 2.75) is 25.5 Å². The van der Waals surface area contributed by atoms with Crippen LogP contribution in [0.25, 0.3) is 0 Å². The predicted molar refractivity (Wildman–Crippen MR) is 87.6 cm³/mol. The van der Waals surface area contributed by atoms with E-state index in [0.29, 0.717) is 10.9 Å². The number of piperidine rings is 1.